The van der Waals surface area contributed by atoms with Gasteiger partial charge in [0.05, 0.1) is 25.3 Å². The van der Waals surface area contributed by atoms with Gasteiger partial charge in [-0.15, -0.1) is 0 Å². The molecule has 29 heavy (non-hydrogen) atoms. The quantitative estimate of drug-likeness (QED) is 0.731. The fourth-order valence-electron chi connectivity index (χ4n) is 3.60. The molecule has 1 unspecified atom stereocenters. The Morgan fingerprint density at radius 1 is 1.38 bits per heavy atom. The molecule has 1 N–H and O–H groups in total. The number of anilines is 2. The minimum Gasteiger partial charge on any atom is -0.453 e. The van der Waals surface area contributed by atoms with E-state index >= 15 is 0 Å². The van der Waals surface area contributed by atoms with E-state index in [1.807, 2.05) is 24.3 Å². The number of amides is 3. The Kier molecular flexibility index (Phi) is 5.55. The number of nitrogens with zero attached hydrogens (tertiary/aromatic N) is 3. The summed E-state index contributed by atoms with van der Waals surface area (Å²) in [5.41, 5.74) is 1.69. The number of rotatable bonds is 3. The van der Waals surface area contributed by atoms with E-state index in [1.54, 1.807) is 9.80 Å². The van der Waals surface area contributed by atoms with Crippen molar-refractivity contribution < 1.29 is 19.1 Å². The van der Waals surface area contributed by atoms with Crippen LogP contribution in [0.3, 0.4) is 0 Å². The number of nitrogens with one attached hydrogen (secondary N) is 1. The number of thiazole rings is 1. The predicted molar refractivity (Wildman–Crippen MR) is 112 cm³/mol. The maximum Gasteiger partial charge on any atom is 0.413 e. The van der Waals surface area contributed by atoms with E-state index in [0.29, 0.717) is 31.2 Å². The summed E-state index contributed by atoms with van der Waals surface area (Å²) in [6, 6.07) is 7.52. The molecule has 0 bridgehead atoms. The first-order valence-electron chi connectivity index (χ1n) is 9.13. The molecule has 1 fully saturated rings. The molecule has 1 aromatic heterocycles. The zero-order valence-electron chi connectivity index (χ0n) is 15.7. The molecule has 10 heteroatoms. The lowest BCUT2D eigenvalue weighted by Crippen LogP contribution is -2.40. The van der Waals surface area contributed by atoms with E-state index in [0.717, 1.165) is 20.7 Å². The molecule has 0 radical (unpaired) electrons. The van der Waals surface area contributed by atoms with E-state index < -0.39 is 6.09 Å². The summed E-state index contributed by atoms with van der Waals surface area (Å²) in [5.74, 6) is -0.414. The summed E-state index contributed by atoms with van der Waals surface area (Å²) in [6.45, 7) is 1.38. The molecule has 2 aliphatic heterocycles. The van der Waals surface area contributed by atoms with Crippen molar-refractivity contribution in [3.63, 3.8) is 0 Å². The molecule has 3 amide bonds. The highest BCUT2D eigenvalue weighted by Gasteiger charge is 2.38. The number of carbonyl (C=O) groups excluding carboxylic acids is 3. The minimum absolute atomic E-state index is 0.0163. The van der Waals surface area contributed by atoms with Crippen LogP contribution in [-0.2, 0) is 27.3 Å². The first kappa shape index (κ1) is 19.8. The summed E-state index contributed by atoms with van der Waals surface area (Å²) in [4.78, 5) is 45.7. The smallest absolute Gasteiger partial charge is 0.413 e. The lowest BCUT2D eigenvalue weighted by Gasteiger charge is -2.28. The Morgan fingerprint density at radius 2 is 2.21 bits per heavy atom. The van der Waals surface area contributed by atoms with Gasteiger partial charge < -0.3 is 14.5 Å². The SMILES string of the molecule is COC(=O)Nc1nc2c(s1)CN(C(=O)C1CC(=O)N(c3cccc(Br)c3)C1)CC2. The Labute approximate surface area is 180 Å². The zero-order chi connectivity index (χ0) is 20.5. The molecule has 4 rings (SSSR count). The van der Waals surface area contributed by atoms with Crippen molar-refractivity contribution in [3.8, 4) is 0 Å². The van der Waals surface area contributed by atoms with Crippen molar-refractivity contribution in [2.24, 2.45) is 5.92 Å². The molecule has 0 aliphatic carbocycles. The molecular formula is C19H19BrN4O4S. The van der Waals surface area contributed by atoms with Crippen LogP contribution < -0.4 is 10.2 Å². The fourth-order valence-corrected chi connectivity index (χ4v) is 5.00. The zero-order valence-corrected chi connectivity index (χ0v) is 18.1. The maximum absolute atomic E-state index is 13.1. The number of hydrogen-bond donors (Lipinski definition) is 1. The van der Waals surface area contributed by atoms with E-state index in [4.69, 9.17) is 0 Å². The second kappa shape index (κ2) is 8.11. The minimum atomic E-state index is -0.568. The van der Waals surface area contributed by atoms with Crippen molar-refractivity contribution >= 4 is 56.0 Å². The summed E-state index contributed by atoms with van der Waals surface area (Å²) < 4.78 is 5.48. The molecule has 1 atom stereocenters. The molecule has 152 valence electrons. The van der Waals surface area contributed by atoms with Gasteiger partial charge in [0, 0.05) is 41.0 Å². The Balaban J connectivity index is 1.43. The van der Waals surface area contributed by atoms with Crippen LogP contribution in [0.25, 0.3) is 0 Å². The molecule has 2 aromatic rings. The molecule has 1 aromatic carbocycles. The number of ether oxygens (including phenoxy) is 1. The normalized spacial score (nSPS) is 18.6. The van der Waals surface area contributed by atoms with Crippen LogP contribution in [0.2, 0.25) is 0 Å². The van der Waals surface area contributed by atoms with Gasteiger partial charge in [-0.25, -0.2) is 9.78 Å². The van der Waals surface area contributed by atoms with Gasteiger partial charge in [-0.05, 0) is 18.2 Å². The number of carbonyl (C=O) groups is 3. The van der Waals surface area contributed by atoms with Crippen LogP contribution in [0.1, 0.15) is 17.0 Å². The summed E-state index contributed by atoms with van der Waals surface area (Å²) in [7, 11) is 1.30. The Morgan fingerprint density at radius 3 is 2.97 bits per heavy atom. The molecule has 1 saturated heterocycles. The van der Waals surface area contributed by atoms with Crippen molar-refractivity contribution in [2.75, 3.05) is 30.4 Å². The van der Waals surface area contributed by atoms with Crippen LogP contribution >= 0.6 is 27.3 Å². The predicted octanol–water partition coefficient (Wildman–Crippen LogP) is 3.02. The highest BCUT2D eigenvalue weighted by molar-refractivity contribution is 9.10. The second-order valence-corrected chi connectivity index (χ2v) is 8.90. The van der Waals surface area contributed by atoms with Crippen molar-refractivity contribution in [3.05, 3.63) is 39.3 Å². The van der Waals surface area contributed by atoms with Gasteiger partial charge in [-0.1, -0.05) is 33.3 Å². The summed E-state index contributed by atoms with van der Waals surface area (Å²) >= 11 is 4.76. The molecule has 8 nitrogen and oxygen atoms in total. The number of aromatic nitrogens is 1. The van der Waals surface area contributed by atoms with Crippen LogP contribution in [0.4, 0.5) is 15.6 Å². The highest BCUT2D eigenvalue weighted by atomic mass is 79.9. The first-order valence-corrected chi connectivity index (χ1v) is 10.7. The summed E-state index contributed by atoms with van der Waals surface area (Å²) in [6.07, 6.45) is 0.268. The molecule has 0 spiro atoms. The lowest BCUT2D eigenvalue weighted by molar-refractivity contribution is -0.136. The standard InChI is InChI=1S/C19H19BrN4O4S/c1-28-19(27)22-18-21-14-5-6-23(10-15(14)29-18)17(26)11-7-16(25)24(9-11)13-4-2-3-12(20)8-13/h2-4,8,11H,5-7,9-10H2,1H3,(H,21,22,27). The number of fused-ring (bicyclic) bond motifs is 1. The van der Waals surface area contributed by atoms with Crippen LogP contribution in [0.15, 0.2) is 28.7 Å². The number of hydrogen-bond acceptors (Lipinski definition) is 6. The van der Waals surface area contributed by atoms with Gasteiger partial charge in [-0.2, -0.15) is 0 Å². The lowest BCUT2D eigenvalue weighted by atomic mass is 10.1. The Bertz CT molecular complexity index is 979. The van der Waals surface area contributed by atoms with E-state index in [1.165, 1.54) is 18.4 Å². The van der Waals surface area contributed by atoms with Crippen molar-refractivity contribution in [1.29, 1.82) is 0 Å². The van der Waals surface area contributed by atoms with Gasteiger partial charge >= 0.3 is 6.09 Å². The van der Waals surface area contributed by atoms with Gasteiger partial charge in [0.15, 0.2) is 5.13 Å². The number of benzene rings is 1. The molecular weight excluding hydrogens is 460 g/mol. The third-order valence-electron chi connectivity index (χ3n) is 5.03. The summed E-state index contributed by atoms with van der Waals surface area (Å²) in [5, 5.41) is 3.04. The van der Waals surface area contributed by atoms with Crippen LogP contribution in [0, 0.1) is 5.92 Å². The van der Waals surface area contributed by atoms with Crippen molar-refractivity contribution in [2.45, 2.75) is 19.4 Å². The van der Waals surface area contributed by atoms with E-state index in [-0.39, 0.29) is 24.2 Å². The maximum atomic E-state index is 13.1. The molecule has 2 aliphatic rings. The number of halogens is 1. The third-order valence-corrected chi connectivity index (χ3v) is 6.52. The fraction of sp³-hybridized carbons (Fsp3) is 0.368. The van der Waals surface area contributed by atoms with Gasteiger partial charge in [0.2, 0.25) is 11.8 Å². The number of methoxy groups -OCH3 is 1. The largest absolute Gasteiger partial charge is 0.453 e. The van der Waals surface area contributed by atoms with Crippen LogP contribution in [0.5, 0.6) is 0 Å². The average molecular weight is 479 g/mol. The second-order valence-electron chi connectivity index (χ2n) is 6.90. The van der Waals surface area contributed by atoms with Gasteiger partial charge in [0.1, 0.15) is 0 Å². The first-order chi connectivity index (χ1) is 13.9. The molecule has 0 saturated carbocycles. The van der Waals surface area contributed by atoms with Gasteiger partial charge in [0.25, 0.3) is 0 Å². The van der Waals surface area contributed by atoms with E-state index in [2.05, 4.69) is 31.0 Å². The van der Waals surface area contributed by atoms with Crippen LogP contribution in [-0.4, -0.2) is 48.0 Å². The van der Waals surface area contributed by atoms with Crippen molar-refractivity contribution in [1.82, 2.24) is 9.88 Å². The van der Waals surface area contributed by atoms with E-state index in [9.17, 15) is 14.4 Å². The third kappa shape index (κ3) is 4.13. The Hall–Kier alpha value is -2.46. The average Bonchev–Trinajstić information content (AvgIpc) is 3.29. The highest BCUT2D eigenvalue weighted by Crippen LogP contribution is 2.32. The monoisotopic (exact) mass is 478 g/mol. The van der Waals surface area contributed by atoms with Gasteiger partial charge in [-0.3, -0.25) is 14.9 Å². The molecule has 3 heterocycles. The topological polar surface area (TPSA) is 91.8 Å².